The van der Waals surface area contributed by atoms with E-state index in [1.165, 1.54) is 12.8 Å². The molecule has 1 aromatic carbocycles. The van der Waals surface area contributed by atoms with Gasteiger partial charge in [0.25, 0.3) is 5.69 Å². The van der Waals surface area contributed by atoms with Crippen LogP contribution in [0.4, 0.5) is 11.4 Å². The molecule has 1 N–H and O–H groups in total. The maximum atomic E-state index is 10.9. The summed E-state index contributed by atoms with van der Waals surface area (Å²) in [6.45, 7) is 6.51. The van der Waals surface area contributed by atoms with E-state index in [9.17, 15) is 10.1 Å². The molecule has 5 heteroatoms. The molecule has 110 valence electrons. The number of rotatable bonds is 4. The number of nitrogens with zero attached hydrogens (tertiary/aromatic N) is 2. The highest BCUT2D eigenvalue weighted by Crippen LogP contribution is 2.28. The average molecular weight is 277 g/mol. The van der Waals surface area contributed by atoms with Crippen molar-refractivity contribution in [2.24, 2.45) is 5.92 Å². The highest BCUT2D eigenvalue weighted by molar-refractivity contribution is 5.62. The van der Waals surface area contributed by atoms with Crippen molar-refractivity contribution < 1.29 is 4.92 Å². The average Bonchev–Trinajstić information content (AvgIpc) is 2.42. The van der Waals surface area contributed by atoms with Crippen LogP contribution in [0.2, 0.25) is 0 Å². The van der Waals surface area contributed by atoms with E-state index in [2.05, 4.69) is 24.1 Å². The molecule has 1 saturated heterocycles. The molecule has 0 bridgehead atoms. The monoisotopic (exact) mass is 277 g/mol. The van der Waals surface area contributed by atoms with E-state index >= 15 is 0 Å². The summed E-state index contributed by atoms with van der Waals surface area (Å²) in [4.78, 5) is 13.1. The molecule has 1 heterocycles. The van der Waals surface area contributed by atoms with Gasteiger partial charge >= 0.3 is 0 Å². The zero-order valence-corrected chi connectivity index (χ0v) is 12.4. The summed E-state index contributed by atoms with van der Waals surface area (Å²) in [5, 5.41) is 13.8. The summed E-state index contributed by atoms with van der Waals surface area (Å²) in [6.07, 6.45) is 2.52. The molecule has 1 aromatic rings. The fourth-order valence-corrected chi connectivity index (χ4v) is 2.88. The summed E-state index contributed by atoms with van der Waals surface area (Å²) < 4.78 is 0. The van der Waals surface area contributed by atoms with Crippen LogP contribution in [0.15, 0.2) is 18.2 Å². The molecule has 0 amide bonds. The summed E-state index contributed by atoms with van der Waals surface area (Å²) in [7, 11) is 1.72. The number of anilines is 1. The van der Waals surface area contributed by atoms with E-state index in [4.69, 9.17) is 0 Å². The van der Waals surface area contributed by atoms with Crippen LogP contribution in [0.1, 0.15) is 32.3 Å². The summed E-state index contributed by atoms with van der Waals surface area (Å²) in [5.41, 5.74) is 1.85. The zero-order chi connectivity index (χ0) is 14.7. The van der Waals surface area contributed by atoms with Crippen molar-refractivity contribution in [2.75, 3.05) is 18.9 Å². The molecule has 0 radical (unpaired) electrons. The van der Waals surface area contributed by atoms with Crippen molar-refractivity contribution in [3.8, 4) is 0 Å². The van der Waals surface area contributed by atoms with Crippen LogP contribution in [-0.2, 0) is 6.54 Å². The lowest BCUT2D eigenvalue weighted by atomic mass is 9.94. The van der Waals surface area contributed by atoms with Crippen LogP contribution >= 0.6 is 0 Å². The molecule has 0 aromatic heterocycles. The third-order valence-electron chi connectivity index (χ3n) is 4.16. The summed E-state index contributed by atoms with van der Waals surface area (Å²) in [6, 6.07) is 5.94. The van der Waals surface area contributed by atoms with Crippen LogP contribution in [0, 0.1) is 16.0 Å². The lowest BCUT2D eigenvalue weighted by Crippen LogP contribution is -2.40. The van der Waals surface area contributed by atoms with Gasteiger partial charge in [-0.15, -0.1) is 0 Å². The molecule has 0 saturated carbocycles. The lowest BCUT2D eigenvalue weighted by molar-refractivity contribution is -0.384. The first-order valence-electron chi connectivity index (χ1n) is 7.20. The Morgan fingerprint density at radius 2 is 2.15 bits per heavy atom. The first-order chi connectivity index (χ1) is 9.51. The van der Waals surface area contributed by atoms with Gasteiger partial charge in [-0.1, -0.05) is 13.0 Å². The van der Waals surface area contributed by atoms with Gasteiger partial charge in [-0.25, -0.2) is 0 Å². The molecule has 2 atom stereocenters. The molecule has 1 aliphatic rings. The quantitative estimate of drug-likeness (QED) is 0.678. The largest absolute Gasteiger partial charge is 0.383 e. The second-order valence-corrected chi connectivity index (χ2v) is 5.82. The third kappa shape index (κ3) is 3.28. The van der Waals surface area contributed by atoms with Gasteiger partial charge in [-0.2, -0.15) is 0 Å². The first-order valence-corrected chi connectivity index (χ1v) is 7.20. The van der Waals surface area contributed by atoms with E-state index in [0.717, 1.165) is 24.6 Å². The van der Waals surface area contributed by atoms with Crippen LogP contribution in [0.3, 0.4) is 0 Å². The van der Waals surface area contributed by atoms with Crippen molar-refractivity contribution in [1.29, 1.82) is 0 Å². The predicted molar refractivity (Wildman–Crippen MR) is 80.9 cm³/mol. The van der Waals surface area contributed by atoms with Gasteiger partial charge in [0.15, 0.2) is 0 Å². The van der Waals surface area contributed by atoms with Crippen LogP contribution in [0.5, 0.6) is 0 Å². The van der Waals surface area contributed by atoms with Crippen LogP contribution in [0.25, 0.3) is 0 Å². The molecule has 1 fully saturated rings. The van der Waals surface area contributed by atoms with Crippen molar-refractivity contribution in [3.05, 3.63) is 33.9 Å². The minimum absolute atomic E-state index is 0.135. The number of nitrogens with one attached hydrogen (secondary N) is 1. The standard InChI is InChI=1S/C15H23N3O2/c1-11-4-5-12(2)17(9-11)10-13-6-7-15(18(19)20)14(8-13)16-3/h6-8,11-12,16H,4-5,9-10H2,1-3H3. The van der Waals surface area contributed by atoms with Crippen molar-refractivity contribution in [2.45, 2.75) is 39.3 Å². The van der Waals surface area contributed by atoms with Crippen molar-refractivity contribution in [3.63, 3.8) is 0 Å². The summed E-state index contributed by atoms with van der Waals surface area (Å²) in [5.74, 6) is 0.730. The fourth-order valence-electron chi connectivity index (χ4n) is 2.88. The third-order valence-corrected chi connectivity index (χ3v) is 4.16. The number of piperidine rings is 1. The predicted octanol–water partition coefficient (Wildman–Crippen LogP) is 3.26. The number of nitro groups is 1. The van der Waals surface area contributed by atoms with Gasteiger partial charge in [-0.05, 0) is 37.3 Å². The Bertz CT molecular complexity index is 490. The fraction of sp³-hybridized carbons (Fsp3) is 0.600. The number of hydrogen-bond acceptors (Lipinski definition) is 4. The van der Waals surface area contributed by atoms with Crippen LogP contribution in [-0.4, -0.2) is 29.5 Å². The second kappa shape index (κ2) is 6.22. The zero-order valence-electron chi connectivity index (χ0n) is 12.4. The van der Waals surface area contributed by atoms with Crippen molar-refractivity contribution >= 4 is 11.4 Å². The number of hydrogen-bond donors (Lipinski definition) is 1. The van der Waals surface area contributed by atoms with Gasteiger partial charge in [0, 0.05) is 32.2 Å². The van der Waals surface area contributed by atoms with Crippen molar-refractivity contribution in [1.82, 2.24) is 4.90 Å². The topological polar surface area (TPSA) is 58.4 Å². The minimum atomic E-state index is -0.346. The minimum Gasteiger partial charge on any atom is -0.383 e. The second-order valence-electron chi connectivity index (χ2n) is 5.82. The molecule has 20 heavy (non-hydrogen) atoms. The molecule has 5 nitrogen and oxygen atoms in total. The van der Waals surface area contributed by atoms with E-state index in [1.807, 2.05) is 12.1 Å². The first kappa shape index (κ1) is 14.8. The van der Waals surface area contributed by atoms with Gasteiger partial charge in [0.2, 0.25) is 0 Å². The van der Waals surface area contributed by atoms with E-state index in [1.54, 1.807) is 13.1 Å². The molecule has 1 aliphatic heterocycles. The number of benzene rings is 1. The molecule has 2 unspecified atom stereocenters. The Balaban J connectivity index is 2.15. The Morgan fingerprint density at radius 3 is 2.80 bits per heavy atom. The highest BCUT2D eigenvalue weighted by atomic mass is 16.6. The summed E-state index contributed by atoms with van der Waals surface area (Å²) >= 11 is 0. The van der Waals surface area contributed by atoms with Gasteiger partial charge in [-0.3, -0.25) is 15.0 Å². The van der Waals surface area contributed by atoms with Gasteiger partial charge < -0.3 is 5.32 Å². The van der Waals surface area contributed by atoms with E-state index < -0.39 is 0 Å². The molecule has 0 spiro atoms. The highest BCUT2D eigenvalue weighted by Gasteiger charge is 2.23. The molecule has 0 aliphatic carbocycles. The Hall–Kier alpha value is -1.62. The van der Waals surface area contributed by atoms with E-state index in [0.29, 0.717) is 11.7 Å². The van der Waals surface area contributed by atoms with Crippen LogP contribution < -0.4 is 5.32 Å². The Morgan fingerprint density at radius 1 is 1.40 bits per heavy atom. The molecule has 2 rings (SSSR count). The molecular formula is C15H23N3O2. The maximum absolute atomic E-state index is 10.9. The smallest absolute Gasteiger partial charge is 0.292 e. The van der Waals surface area contributed by atoms with Gasteiger partial charge in [0.1, 0.15) is 5.69 Å². The lowest BCUT2D eigenvalue weighted by Gasteiger charge is -2.36. The normalized spacial score (nSPS) is 23.6. The number of nitro benzene ring substituents is 1. The van der Waals surface area contributed by atoms with E-state index in [-0.39, 0.29) is 10.6 Å². The Labute approximate surface area is 120 Å². The Kier molecular flexibility index (Phi) is 4.60. The molecular weight excluding hydrogens is 254 g/mol. The SMILES string of the molecule is CNc1cc(CN2CC(C)CCC2C)ccc1[N+](=O)[O-]. The number of likely N-dealkylation sites (tertiary alicyclic amines) is 1. The van der Waals surface area contributed by atoms with Gasteiger partial charge in [0.05, 0.1) is 4.92 Å². The maximum Gasteiger partial charge on any atom is 0.292 e.